The minimum atomic E-state index is -4.75. The summed E-state index contributed by atoms with van der Waals surface area (Å²) in [5.74, 6) is -2.37. The molecule has 1 amide bonds. The largest absolute Gasteiger partial charge is 0.480 e. The number of allylic oxidation sites excluding steroid dienone is 2. The van der Waals surface area contributed by atoms with Crippen molar-refractivity contribution in [1.29, 1.82) is 0 Å². The van der Waals surface area contributed by atoms with E-state index in [0.29, 0.717) is 12.8 Å². The van der Waals surface area contributed by atoms with Crippen molar-refractivity contribution in [1.82, 2.24) is 5.32 Å². The van der Waals surface area contributed by atoms with Gasteiger partial charge >= 0.3 is 19.8 Å². The number of carbonyl (C=O) groups is 3. The first-order valence-electron chi connectivity index (χ1n) is 22.7. The Labute approximate surface area is 341 Å². The third-order valence-corrected chi connectivity index (χ3v) is 11.0. The molecule has 0 heterocycles. The highest BCUT2D eigenvalue weighted by Crippen LogP contribution is 2.43. The zero-order valence-electron chi connectivity index (χ0n) is 35.7. The molecule has 3 atom stereocenters. The van der Waals surface area contributed by atoms with Crippen LogP contribution in [0, 0.1) is 0 Å². The van der Waals surface area contributed by atoms with Crippen LogP contribution in [0.3, 0.4) is 0 Å². The molecule has 11 nitrogen and oxygen atoms in total. The molecule has 0 saturated carbocycles. The van der Waals surface area contributed by atoms with Gasteiger partial charge in [0.05, 0.1) is 13.2 Å². The van der Waals surface area contributed by atoms with E-state index in [1.165, 1.54) is 122 Å². The highest BCUT2D eigenvalue weighted by molar-refractivity contribution is 7.47. The highest BCUT2D eigenvalue weighted by Gasteiger charge is 2.28. The van der Waals surface area contributed by atoms with Gasteiger partial charge in [0.15, 0.2) is 6.04 Å². The SMILES string of the molecule is CCCC/C=C\CCCCCCCC(=O)OCC(O)COP(=O)(O)OCC(NC(=O)CCCCCCCCCCCCCCCCCCCCCCC)C(=O)O. The Bertz CT molecular complexity index is 1010. The molecular weight excluding hydrogens is 733 g/mol. The standard InChI is InChI=1S/C44H84NO10P/c1-3-5-7-9-11-13-15-16-17-18-19-20-21-22-23-24-26-27-29-31-33-35-42(47)45-41(44(49)50)39-55-56(51,52)54-38-40(46)37-53-43(48)36-34-32-30-28-25-14-12-10-8-6-4-2/h10,12,40-41,46H,3-9,11,13-39H2,1-2H3,(H,45,47)(H,49,50)(H,51,52)/b12-10-. The first-order valence-corrected chi connectivity index (χ1v) is 24.2. The summed E-state index contributed by atoms with van der Waals surface area (Å²) in [5, 5.41) is 21.8. The number of carboxylic acid groups (broad SMARTS) is 1. The first kappa shape index (κ1) is 54.2. The number of carbonyl (C=O) groups excluding carboxylic acids is 2. The number of aliphatic hydroxyl groups excluding tert-OH is 1. The average molecular weight is 818 g/mol. The van der Waals surface area contributed by atoms with E-state index in [-0.39, 0.29) is 12.8 Å². The van der Waals surface area contributed by atoms with Crippen molar-refractivity contribution in [2.45, 2.75) is 231 Å². The van der Waals surface area contributed by atoms with Crippen molar-refractivity contribution in [3.63, 3.8) is 0 Å². The lowest BCUT2D eigenvalue weighted by atomic mass is 10.0. The first-order chi connectivity index (χ1) is 27.1. The van der Waals surface area contributed by atoms with E-state index >= 15 is 0 Å². The monoisotopic (exact) mass is 818 g/mol. The molecule has 0 aromatic heterocycles. The van der Waals surface area contributed by atoms with E-state index in [9.17, 15) is 34.1 Å². The fourth-order valence-corrected chi connectivity index (χ4v) is 7.25. The van der Waals surface area contributed by atoms with E-state index in [2.05, 4.69) is 31.3 Å². The Hall–Kier alpha value is -1.78. The van der Waals surface area contributed by atoms with E-state index < -0.39 is 57.6 Å². The summed E-state index contributed by atoms with van der Waals surface area (Å²) < 4.78 is 26.8. The molecule has 4 N–H and O–H groups in total. The predicted molar refractivity (Wildman–Crippen MR) is 226 cm³/mol. The lowest BCUT2D eigenvalue weighted by molar-refractivity contribution is -0.147. The summed E-state index contributed by atoms with van der Waals surface area (Å²) in [6.45, 7) is 2.56. The van der Waals surface area contributed by atoms with Crippen molar-refractivity contribution in [2.24, 2.45) is 0 Å². The molecule has 0 aliphatic carbocycles. The Morgan fingerprint density at radius 1 is 0.554 bits per heavy atom. The predicted octanol–water partition coefficient (Wildman–Crippen LogP) is 11.7. The van der Waals surface area contributed by atoms with Gasteiger partial charge < -0.3 is 25.2 Å². The molecule has 3 unspecified atom stereocenters. The van der Waals surface area contributed by atoms with Gasteiger partial charge in [0, 0.05) is 12.8 Å². The smallest absolute Gasteiger partial charge is 0.472 e. The second kappa shape index (κ2) is 40.0. The van der Waals surface area contributed by atoms with Crippen LogP contribution in [-0.2, 0) is 32.7 Å². The fourth-order valence-electron chi connectivity index (χ4n) is 6.47. The van der Waals surface area contributed by atoms with Crippen LogP contribution >= 0.6 is 7.82 Å². The minimum absolute atomic E-state index is 0.151. The number of aliphatic carboxylic acids is 1. The molecule has 0 fully saturated rings. The van der Waals surface area contributed by atoms with Gasteiger partial charge in [-0.3, -0.25) is 18.6 Å². The zero-order valence-corrected chi connectivity index (χ0v) is 36.6. The fraction of sp³-hybridized carbons (Fsp3) is 0.886. The van der Waals surface area contributed by atoms with Crippen LogP contribution in [0.5, 0.6) is 0 Å². The highest BCUT2D eigenvalue weighted by atomic mass is 31.2. The molecule has 56 heavy (non-hydrogen) atoms. The molecule has 330 valence electrons. The topological polar surface area (TPSA) is 169 Å². The van der Waals surface area contributed by atoms with E-state index in [0.717, 1.165) is 57.8 Å². The van der Waals surface area contributed by atoms with Crippen LogP contribution in [0.25, 0.3) is 0 Å². The van der Waals surface area contributed by atoms with Gasteiger partial charge in [0.25, 0.3) is 0 Å². The van der Waals surface area contributed by atoms with Crippen molar-refractivity contribution in [3.8, 4) is 0 Å². The molecule has 12 heteroatoms. The quantitative estimate of drug-likeness (QED) is 0.0201. The van der Waals surface area contributed by atoms with Gasteiger partial charge in [-0.2, -0.15) is 0 Å². The zero-order chi connectivity index (χ0) is 41.4. The van der Waals surface area contributed by atoms with Crippen molar-refractivity contribution in [3.05, 3.63) is 12.2 Å². The number of hydrogen-bond donors (Lipinski definition) is 4. The Kier molecular flexibility index (Phi) is 38.7. The number of aliphatic hydroxyl groups is 1. The number of esters is 1. The molecular formula is C44H84NO10P. The molecule has 0 aliphatic heterocycles. The summed E-state index contributed by atoms with van der Waals surface area (Å²) in [6, 6.07) is -1.54. The molecule has 0 aliphatic rings. The van der Waals surface area contributed by atoms with Crippen LogP contribution in [0.15, 0.2) is 12.2 Å². The van der Waals surface area contributed by atoms with E-state index in [1.54, 1.807) is 0 Å². The Morgan fingerprint density at radius 3 is 1.41 bits per heavy atom. The van der Waals surface area contributed by atoms with Crippen LogP contribution in [-0.4, -0.2) is 64.9 Å². The van der Waals surface area contributed by atoms with Crippen LogP contribution in [0.1, 0.15) is 219 Å². The van der Waals surface area contributed by atoms with Gasteiger partial charge in [0.2, 0.25) is 5.91 Å². The molecule has 0 aromatic rings. The minimum Gasteiger partial charge on any atom is -0.480 e. The van der Waals surface area contributed by atoms with Crippen LogP contribution < -0.4 is 5.32 Å². The molecule has 0 spiro atoms. The summed E-state index contributed by atoms with van der Waals surface area (Å²) >= 11 is 0. The van der Waals surface area contributed by atoms with Gasteiger partial charge in [-0.15, -0.1) is 0 Å². The number of nitrogens with one attached hydrogen (secondary N) is 1. The lowest BCUT2D eigenvalue weighted by Gasteiger charge is -2.18. The van der Waals surface area contributed by atoms with Gasteiger partial charge in [-0.05, 0) is 32.1 Å². The molecule has 0 radical (unpaired) electrons. The number of phosphoric acid groups is 1. The summed E-state index contributed by atoms with van der Waals surface area (Å²) in [7, 11) is -4.75. The Balaban J connectivity index is 3.83. The average Bonchev–Trinajstić information content (AvgIpc) is 3.17. The number of ether oxygens (including phenoxy) is 1. The van der Waals surface area contributed by atoms with Crippen molar-refractivity contribution >= 4 is 25.7 Å². The van der Waals surface area contributed by atoms with Crippen LogP contribution in [0.2, 0.25) is 0 Å². The molecule has 0 rings (SSSR count). The van der Waals surface area contributed by atoms with Gasteiger partial charge in [-0.25, -0.2) is 9.36 Å². The van der Waals surface area contributed by atoms with E-state index in [4.69, 9.17) is 13.8 Å². The van der Waals surface area contributed by atoms with Gasteiger partial charge in [0.1, 0.15) is 12.7 Å². The second-order valence-electron chi connectivity index (χ2n) is 15.6. The third kappa shape index (κ3) is 39.1. The van der Waals surface area contributed by atoms with Crippen molar-refractivity contribution in [2.75, 3.05) is 19.8 Å². The number of carboxylic acids is 1. The maximum Gasteiger partial charge on any atom is 0.472 e. The molecule has 0 aromatic carbocycles. The summed E-state index contributed by atoms with van der Waals surface area (Å²) in [4.78, 5) is 45.9. The number of phosphoric ester groups is 1. The summed E-state index contributed by atoms with van der Waals surface area (Å²) in [6.07, 6.45) is 39.6. The van der Waals surface area contributed by atoms with Crippen molar-refractivity contribution < 1.29 is 47.8 Å². The number of unbranched alkanes of at least 4 members (excludes halogenated alkanes) is 27. The maximum absolute atomic E-state index is 12.3. The van der Waals surface area contributed by atoms with E-state index in [1.807, 2.05) is 0 Å². The molecule has 0 bridgehead atoms. The Morgan fingerprint density at radius 2 is 0.946 bits per heavy atom. The molecule has 0 saturated heterocycles. The number of hydrogen-bond acceptors (Lipinski definition) is 8. The maximum atomic E-state index is 12.3. The van der Waals surface area contributed by atoms with Gasteiger partial charge in [-0.1, -0.05) is 187 Å². The van der Waals surface area contributed by atoms with Crippen LogP contribution in [0.4, 0.5) is 0 Å². The normalized spacial score (nSPS) is 13.8. The number of amides is 1. The summed E-state index contributed by atoms with van der Waals surface area (Å²) in [5.41, 5.74) is 0. The second-order valence-corrected chi connectivity index (χ2v) is 17.0. The number of rotatable bonds is 43. The lowest BCUT2D eigenvalue weighted by Crippen LogP contribution is -2.43. The third-order valence-electron chi connectivity index (χ3n) is 10.1.